The van der Waals surface area contributed by atoms with Crippen molar-refractivity contribution in [3.05, 3.63) is 0 Å². The van der Waals surface area contributed by atoms with E-state index in [2.05, 4.69) is 0 Å². The van der Waals surface area contributed by atoms with Gasteiger partial charge in [0.15, 0.2) is 0 Å². The van der Waals surface area contributed by atoms with Crippen LogP contribution in [0.15, 0.2) is 0 Å². The normalized spacial score (nSPS) is 12.0. The molecule has 0 rings (SSSR count). The fourth-order valence-corrected chi connectivity index (χ4v) is 0.624. The number of nitriles is 1. The number of carbonyl (C=O) groups is 1. The van der Waals surface area contributed by atoms with Crippen molar-refractivity contribution in [2.24, 2.45) is 5.92 Å². The van der Waals surface area contributed by atoms with E-state index in [0.29, 0.717) is 12.8 Å². The van der Waals surface area contributed by atoms with Gasteiger partial charge in [-0.05, 0) is 19.8 Å². The molecule has 0 aromatic heterocycles. The zero-order valence-electron chi connectivity index (χ0n) is 6.00. The van der Waals surface area contributed by atoms with Crippen LogP contribution in [0.5, 0.6) is 0 Å². The summed E-state index contributed by atoms with van der Waals surface area (Å²) in [5.74, 6) is -0.801. The Morgan fingerprint density at radius 1 is 1.80 bits per heavy atom. The second-order valence-corrected chi connectivity index (χ2v) is 2.32. The molecular formula is C7H11NO2. The molecular weight excluding hydrogens is 130 g/mol. The van der Waals surface area contributed by atoms with Gasteiger partial charge >= 0.3 is 5.97 Å². The Hall–Kier alpha value is -1.04. The van der Waals surface area contributed by atoms with Crippen molar-refractivity contribution in [2.75, 3.05) is 0 Å². The van der Waals surface area contributed by atoms with Crippen LogP contribution in [-0.2, 0) is 4.79 Å². The highest BCUT2D eigenvalue weighted by Crippen LogP contribution is 2.05. The lowest BCUT2D eigenvalue weighted by Crippen LogP contribution is -1.96. The highest BCUT2D eigenvalue weighted by molar-refractivity contribution is 5.66. The summed E-state index contributed by atoms with van der Waals surface area (Å²) in [5, 5.41) is 16.5. The smallest absolute Gasteiger partial charge is 0.303 e. The van der Waals surface area contributed by atoms with Gasteiger partial charge in [0.1, 0.15) is 0 Å². The molecule has 0 aromatic rings. The number of hydrogen-bond acceptors (Lipinski definition) is 2. The van der Waals surface area contributed by atoms with Crippen molar-refractivity contribution in [1.82, 2.24) is 0 Å². The molecule has 0 spiro atoms. The monoisotopic (exact) mass is 141 g/mol. The zero-order chi connectivity index (χ0) is 7.98. The van der Waals surface area contributed by atoms with E-state index in [4.69, 9.17) is 10.4 Å². The average molecular weight is 141 g/mol. The quantitative estimate of drug-likeness (QED) is 0.643. The summed E-state index contributed by atoms with van der Waals surface area (Å²) < 4.78 is 0. The van der Waals surface area contributed by atoms with Gasteiger partial charge in [-0.3, -0.25) is 4.79 Å². The highest BCUT2D eigenvalue weighted by atomic mass is 16.4. The van der Waals surface area contributed by atoms with Gasteiger partial charge in [-0.2, -0.15) is 5.26 Å². The second-order valence-electron chi connectivity index (χ2n) is 2.32. The topological polar surface area (TPSA) is 61.1 Å². The minimum absolute atomic E-state index is 0.0145. The van der Waals surface area contributed by atoms with Crippen molar-refractivity contribution in [3.8, 4) is 6.07 Å². The summed E-state index contributed by atoms with van der Waals surface area (Å²) in [6.45, 7) is 1.79. The molecule has 10 heavy (non-hydrogen) atoms. The van der Waals surface area contributed by atoms with Crippen LogP contribution < -0.4 is 0 Å². The molecule has 1 unspecified atom stereocenters. The number of carboxylic acids is 1. The van der Waals surface area contributed by atoms with Gasteiger partial charge in [0.25, 0.3) is 0 Å². The molecule has 0 bridgehead atoms. The van der Waals surface area contributed by atoms with Crippen LogP contribution in [0, 0.1) is 17.2 Å². The Kier molecular flexibility index (Phi) is 4.30. The Morgan fingerprint density at radius 3 is 2.80 bits per heavy atom. The maximum Gasteiger partial charge on any atom is 0.303 e. The molecule has 0 amide bonds. The van der Waals surface area contributed by atoms with Crippen LogP contribution >= 0.6 is 0 Å². The lowest BCUT2D eigenvalue weighted by Gasteiger charge is -1.97. The minimum atomic E-state index is -0.787. The van der Waals surface area contributed by atoms with E-state index in [1.807, 2.05) is 6.07 Å². The van der Waals surface area contributed by atoms with Crippen molar-refractivity contribution < 1.29 is 9.90 Å². The minimum Gasteiger partial charge on any atom is -0.481 e. The van der Waals surface area contributed by atoms with E-state index in [0.717, 1.165) is 0 Å². The predicted octanol–water partition coefficient (Wildman–Crippen LogP) is 1.40. The van der Waals surface area contributed by atoms with E-state index in [-0.39, 0.29) is 12.3 Å². The SMILES string of the molecule is CC(C#N)CCCC(=O)O. The van der Waals surface area contributed by atoms with Crippen LogP contribution in [0.2, 0.25) is 0 Å². The Morgan fingerprint density at radius 2 is 2.40 bits per heavy atom. The molecule has 0 heterocycles. The zero-order valence-corrected chi connectivity index (χ0v) is 6.00. The lowest BCUT2D eigenvalue weighted by atomic mass is 10.1. The van der Waals surface area contributed by atoms with Gasteiger partial charge in [0.05, 0.1) is 6.07 Å². The third-order valence-electron chi connectivity index (χ3n) is 1.25. The molecule has 3 heteroatoms. The first-order valence-electron chi connectivity index (χ1n) is 3.28. The van der Waals surface area contributed by atoms with Gasteiger partial charge in [-0.15, -0.1) is 0 Å². The predicted molar refractivity (Wildman–Crippen MR) is 36.3 cm³/mol. The first kappa shape index (κ1) is 8.96. The van der Waals surface area contributed by atoms with Crippen molar-refractivity contribution in [3.63, 3.8) is 0 Å². The molecule has 0 saturated heterocycles. The fourth-order valence-electron chi connectivity index (χ4n) is 0.624. The summed E-state index contributed by atoms with van der Waals surface area (Å²) in [5.41, 5.74) is 0. The van der Waals surface area contributed by atoms with E-state index in [9.17, 15) is 4.79 Å². The van der Waals surface area contributed by atoms with Crippen LogP contribution in [0.25, 0.3) is 0 Å². The van der Waals surface area contributed by atoms with Crippen molar-refractivity contribution in [2.45, 2.75) is 26.2 Å². The molecule has 0 fully saturated rings. The standard InChI is InChI=1S/C7H11NO2/c1-6(5-8)3-2-4-7(9)10/h6H,2-4H2,1H3,(H,9,10). The van der Waals surface area contributed by atoms with E-state index >= 15 is 0 Å². The molecule has 0 aliphatic heterocycles. The lowest BCUT2D eigenvalue weighted by molar-refractivity contribution is -0.137. The van der Waals surface area contributed by atoms with Crippen molar-refractivity contribution in [1.29, 1.82) is 5.26 Å². The largest absolute Gasteiger partial charge is 0.481 e. The first-order chi connectivity index (χ1) is 4.66. The van der Waals surface area contributed by atoms with Gasteiger partial charge < -0.3 is 5.11 Å². The number of aliphatic carboxylic acids is 1. The van der Waals surface area contributed by atoms with Gasteiger partial charge in [-0.1, -0.05) is 0 Å². The van der Waals surface area contributed by atoms with Gasteiger partial charge in [-0.25, -0.2) is 0 Å². The van der Waals surface area contributed by atoms with Gasteiger partial charge in [0.2, 0.25) is 0 Å². The number of nitrogens with zero attached hydrogens (tertiary/aromatic N) is 1. The molecule has 1 N–H and O–H groups in total. The third-order valence-corrected chi connectivity index (χ3v) is 1.25. The molecule has 0 aromatic carbocycles. The Bertz CT molecular complexity index is 148. The molecule has 0 aliphatic rings. The number of hydrogen-bond donors (Lipinski definition) is 1. The summed E-state index contributed by atoms with van der Waals surface area (Å²) in [6, 6.07) is 2.05. The summed E-state index contributed by atoms with van der Waals surface area (Å²) >= 11 is 0. The maximum absolute atomic E-state index is 9.99. The molecule has 0 saturated carbocycles. The van der Waals surface area contributed by atoms with Crippen LogP contribution in [0.4, 0.5) is 0 Å². The van der Waals surface area contributed by atoms with Crippen LogP contribution in [-0.4, -0.2) is 11.1 Å². The third kappa shape index (κ3) is 5.10. The van der Waals surface area contributed by atoms with E-state index in [1.54, 1.807) is 6.92 Å². The van der Waals surface area contributed by atoms with Crippen molar-refractivity contribution >= 4 is 5.97 Å². The van der Waals surface area contributed by atoms with Crippen LogP contribution in [0.1, 0.15) is 26.2 Å². The first-order valence-corrected chi connectivity index (χ1v) is 3.28. The molecule has 0 radical (unpaired) electrons. The molecule has 0 aliphatic carbocycles. The highest BCUT2D eigenvalue weighted by Gasteiger charge is 2.01. The maximum atomic E-state index is 9.99. The average Bonchev–Trinajstić information content (AvgIpc) is 1.87. The van der Waals surface area contributed by atoms with E-state index in [1.165, 1.54) is 0 Å². The molecule has 56 valence electrons. The molecule has 1 atom stereocenters. The Balaban J connectivity index is 3.22. The number of carboxylic acid groups (broad SMARTS) is 1. The molecule has 3 nitrogen and oxygen atoms in total. The summed E-state index contributed by atoms with van der Waals surface area (Å²) in [4.78, 5) is 9.99. The fraction of sp³-hybridized carbons (Fsp3) is 0.714. The number of rotatable bonds is 4. The summed E-state index contributed by atoms with van der Waals surface area (Å²) in [6.07, 6.45) is 1.46. The van der Waals surface area contributed by atoms with Gasteiger partial charge in [0, 0.05) is 12.3 Å². The second kappa shape index (κ2) is 4.80. The summed E-state index contributed by atoms with van der Waals surface area (Å²) in [7, 11) is 0. The Labute approximate surface area is 60.3 Å². The van der Waals surface area contributed by atoms with E-state index < -0.39 is 5.97 Å². The van der Waals surface area contributed by atoms with Crippen LogP contribution in [0.3, 0.4) is 0 Å².